The number of hydrogen-bond donors (Lipinski definition) is 1. The van der Waals surface area contributed by atoms with Crippen LogP contribution in [0.5, 0.6) is 5.75 Å². The molecule has 1 unspecified atom stereocenters. The van der Waals surface area contributed by atoms with Crippen LogP contribution in [0.15, 0.2) is 12.1 Å². The second-order valence-corrected chi connectivity index (χ2v) is 6.69. The quantitative estimate of drug-likeness (QED) is 0.852. The molecule has 1 saturated heterocycles. The molecule has 0 aromatic heterocycles. The van der Waals surface area contributed by atoms with E-state index in [0.29, 0.717) is 6.04 Å². The molecular weight excluding hydrogens is 248 g/mol. The van der Waals surface area contributed by atoms with Gasteiger partial charge in [-0.05, 0) is 71.1 Å². The summed E-state index contributed by atoms with van der Waals surface area (Å²) in [6, 6.07) is 5.03. The Hall–Kier alpha value is -1.06. The summed E-state index contributed by atoms with van der Waals surface area (Å²) in [6.45, 7) is 6.51. The van der Waals surface area contributed by atoms with Crippen LogP contribution in [0, 0.1) is 13.8 Å². The van der Waals surface area contributed by atoms with E-state index in [1.165, 1.54) is 16.7 Å². The minimum absolute atomic E-state index is 0.0366. The van der Waals surface area contributed by atoms with E-state index in [1.54, 1.807) is 0 Å². The average Bonchev–Trinajstić information content (AvgIpc) is 2.41. The van der Waals surface area contributed by atoms with Gasteiger partial charge in [-0.1, -0.05) is 6.07 Å². The summed E-state index contributed by atoms with van der Waals surface area (Å²) in [5.41, 5.74) is 4.09. The summed E-state index contributed by atoms with van der Waals surface area (Å²) in [4.78, 5) is 2.35. The van der Waals surface area contributed by atoms with E-state index in [1.807, 2.05) is 0 Å². The second-order valence-electron chi connectivity index (χ2n) is 6.69. The highest BCUT2D eigenvalue weighted by atomic mass is 16.5. The molecule has 1 fully saturated rings. The van der Waals surface area contributed by atoms with E-state index in [9.17, 15) is 0 Å². The number of hydrogen-bond acceptors (Lipinski definition) is 3. The van der Waals surface area contributed by atoms with Crippen molar-refractivity contribution in [2.75, 3.05) is 27.2 Å². The first-order chi connectivity index (χ1) is 9.51. The maximum absolute atomic E-state index is 6.51. The van der Waals surface area contributed by atoms with E-state index in [0.717, 1.165) is 38.1 Å². The van der Waals surface area contributed by atoms with Crippen LogP contribution >= 0.6 is 0 Å². The van der Waals surface area contributed by atoms with Crippen molar-refractivity contribution in [1.82, 2.24) is 10.2 Å². The van der Waals surface area contributed by atoms with Gasteiger partial charge in [0.15, 0.2) is 0 Å². The molecule has 0 bridgehead atoms. The van der Waals surface area contributed by atoms with Crippen LogP contribution in [0.3, 0.4) is 0 Å². The molecule has 3 nitrogen and oxygen atoms in total. The van der Waals surface area contributed by atoms with Gasteiger partial charge in [0.05, 0.1) is 0 Å². The number of rotatable bonds is 1. The third-order valence-electron chi connectivity index (χ3n) is 5.02. The molecule has 0 aliphatic carbocycles. The molecule has 0 saturated carbocycles. The van der Waals surface area contributed by atoms with Crippen LogP contribution in [0.4, 0.5) is 0 Å². The van der Waals surface area contributed by atoms with Gasteiger partial charge < -0.3 is 15.0 Å². The summed E-state index contributed by atoms with van der Waals surface area (Å²) < 4.78 is 6.51. The SMILES string of the molecule is Cc1cc2c(cc1C)C(N(C)C)CC1(CCNCC1)O2. The van der Waals surface area contributed by atoms with E-state index in [-0.39, 0.29) is 5.60 Å². The predicted octanol–water partition coefficient (Wildman–Crippen LogP) is 2.81. The van der Waals surface area contributed by atoms with E-state index >= 15 is 0 Å². The van der Waals surface area contributed by atoms with Crippen molar-refractivity contribution in [3.05, 3.63) is 28.8 Å². The highest BCUT2D eigenvalue weighted by Gasteiger charge is 2.42. The van der Waals surface area contributed by atoms with Crippen molar-refractivity contribution >= 4 is 0 Å². The molecule has 1 aromatic carbocycles. The lowest BCUT2D eigenvalue weighted by atomic mass is 9.80. The van der Waals surface area contributed by atoms with Crippen molar-refractivity contribution in [3.8, 4) is 5.75 Å². The summed E-state index contributed by atoms with van der Waals surface area (Å²) in [5, 5.41) is 3.45. The van der Waals surface area contributed by atoms with Crippen LogP contribution in [0.2, 0.25) is 0 Å². The molecule has 0 radical (unpaired) electrons. The highest BCUT2D eigenvalue weighted by molar-refractivity contribution is 5.45. The van der Waals surface area contributed by atoms with Crippen molar-refractivity contribution in [3.63, 3.8) is 0 Å². The Balaban J connectivity index is 2.03. The van der Waals surface area contributed by atoms with Gasteiger partial charge in [-0.2, -0.15) is 0 Å². The van der Waals surface area contributed by atoms with Crippen molar-refractivity contribution in [2.45, 2.75) is 44.8 Å². The second kappa shape index (κ2) is 5.05. The number of aryl methyl sites for hydroxylation is 2. The number of nitrogens with one attached hydrogen (secondary N) is 1. The zero-order valence-corrected chi connectivity index (χ0v) is 13.1. The van der Waals surface area contributed by atoms with Gasteiger partial charge in [0.1, 0.15) is 11.4 Å². The minimum atomic E-state index is 0.0366. The molecule has 1 atom stereocenters. The Morgan fingerprint density at radius 3 is 2.45 bits per heavy atom. The first kappa shape index (κ1) is 13.9. The van der Waals surface area contributed by atoms with E-state index in [4.69, 9.17) is 4.74 Å². The number of ether oxygens (including phenoxy) is 1. The van der Waals surface area contributed by atoms with Gasteiger partial charge >= 0.3 is 0 Å². The number of piperidine rings is 1. The van der Waals surface area contributed by atoms with Gasteiger partial charge in [0.2, 0.25) is 0 Å². The first-order valence-electron chi connectivity index (χ1n) is 7.68. The Morgan fingerprint density at radius 1 is 1.15 bits per heavy atom. The van der Waals surface area contributed by atoms with Crippen LogP contribution in [0.1, 0.15) is 42.0 Å². The number of benzene rings is 1. The minimum Gasteiger partial charge on any atom is -0.487 e. The van der Waals surface area contributed by atoms with Crippen LogP contribution in [-0.4, -0.2) is 37.7 Å². The zero-order chi connectivity index (χ0) is 14.3. The van der Waals surface area contributed by atoms with Gasteiger partial charge in [-0.15, -0.1) is 0 Å². The molecular formula is C17H26N2O. The third kappa shape index (κ3) is 2.33. The Kier molecular flexibility index (Phi) is 3.51. The first-order valence-corrected chi connectivity index (χ1v) is 7.68. The predicted molar refractivity (Wildman–Crippen MR) is 82.4 cm³/mol. The standard InChI is InChI=1S/C17H26N2O/c1-12-9-14-15(19(3)4)11-17(5-7-18-8-6-17)20-16(14)10-13(12)2/h9-10,15,18H,5-8,11H2,1-4H3. The Bertz CT molecular complexity index is 504. The molecule has 3 heteroatoms. The van der Waals surface area contributed by atoms with Crippen molar-refractivity contribution in [2.24, 2.45) is 0 Å². The molecule has 0 amide bonds. The fourth-order valence-corrected chi connectivity index (χ4v) is 3.55. The third-order valence-corrected chi connectivity index (χ3v) is 5.02. The topological polar surface area (TPSA) is 24.5 Å². The Morgan fingerprint density at radius 2 is 1.80 bits per heavy atom. The summed E-state index contributed by atoms with van der Waals surface area (Å²) in [6.07, 6.45) is 3.34. The van der Waals surface area contributed by atoms with Crippen molar-refractivity contribution in [1.29, 1.82) is 0 Å². The number of fused-ring (bicyclic) bond motifs is 1. The van der Waals surface area contributed by atoms with Crippen LogP contribution in [0.25, 0.3) is 0 Å². The molecule has 3 rings (SSSR count). The molecule has 2 aliphatic rings. The van der Waals surface area contributed by atoms with Gasteiger partial charge in [-0.3, -0.25) is 0 Å². The van der Waals surface area contributed by atoms with Crippen LogP contribution in [-0.2, 0) is 0 Å². The van der Waals surface area contributed by atoms with E-state index in [2.05, 4.69) is 50.3 Å². The smallest absolute Gasteiger partial charge is 0.125 e. The molecule has 20 heavy (non-hydrogen) atoms. The summed E-state index contributed by atoms with van der Waals surface area (Å²) in [5.74, 6) is 1.11. The van der Waals surface area contributed by atoms with Crippen LogP contribution < -0.4 is 10.1 Å². The maximum atomic E-state index is 6.51. The van der Waals surface area contributed by atoms with Gasteiger partial charge in [0, 0.05) is 18.0 Å². The lowest BCUT2D eigenvalue weighted by Crippen LogP contribution is -2.50. The monoisotopic (exact) mass is 274 g/mol. The normalized spacial score (nSPS) is 24.6. The lowest BCUT2D eigenvalue weighted by molar-refractivity contribution is -0.0119. The average molecular weight is 274 g/mol. The van der Waals surface area contributed by atoms with Gasteiger partial charge in [0.25, 0.3) is 0 Å². The van der Waals surface area contributed by atoms with Gasteiger partial charge in [-0.25, -0.2) is 0 Å². The maximum Gasteiger partial charge on any atom is 0.125 e. The Labute approximate surface area is 122 Å². The summed E-state index contributed by atoms with van der Waals surface area (Å²) >= 11 is 0. The van der Waals surface area contributed by atoms with E-state index < -0.39 is 0 Å². The molecule has 2 heterocycles. The largest absolute Gasteiger partial charge is 0.487 e. The summed E-state index contributed by atoms with van der Waals surface area (Å²) in [7, 11) is 4.37. The fraction of sp³-hybridized carbons (Fsp3) is 0.647. The number of nitrogens with zero attached hydrogens (tertiary/aromatic N) is 1. The molecule has 1 N–H and O–H groups in total. The molecule has 2 aliphatic heterocycles. The fourth-order valence-electron chi connectivity index (χ4n) is 3.55. The molecule has 1 aromatic rings. The molecule has 1 spiro atoms. The van der Waals surface area contributed by atoms with Crippen molar-refractivity contribution < 1.29 is 4.74 Å². The lowest BCUT2D eigenvalue weighted by Gasteiger charge is -2.46. The zero-order valence-electron chi connectivity index (χ0n) is 13.1. The molecule has 110 valence electrons. The highest BCUT2D eigenvalue weighted by Crippen LogP contribution is 2.46.